The highest BCUT2D eigenvalue weighted by Crippen LogP contribution is 2.43. The van der Waals surface area contributed by atoms with Crippen molar-refractivity contribution in [2.45, 2.75) is 117 Å². The van der Waals surface area contributed by atoms with Crippen LogP contribution in [-0.4, -0.2) is 279 Å². The molecular weight excluding hydrogens is 1730 g/mol. The van der Waals surface area contributed by atoms with Crippen LogP contribution in [0.3, 0.4) is 0 Å². The molecule has 7 atom stereocenters. The lowest BCUT2D eigenvalue weighted by Gasteiger charge is -2.30. The van der Waals surface area contributed by atoms with Gasteiger partial charge in [0, 0.05) is 135 Å². The number of carbonyl (C=O) groups excluding carboxylic acids is 7. The average molecular weight is 1860 g/mol. The number of aromatic amines is 2. The van der Waals surface area contributed by atoms with E-state index in [1.54, 1.807) is 52.0 Å². The summed E-state index contributed by atoms with van der Waals surface area (Å²) >= 11 is 16.5. The van der Waals surface area contributed by atoms with E-state index in [-0.39, 0.29) is 80.0 Å². The van der Waals surface area contributed by atoms with Crippen LogP contribution in [0.5, 0.6) is 0 Å². The van der Waals surface area contributed by atoms with Gasteiger partial charge in [-0.1, -0.05) is 129 Å². The Kier molecular flexibility index (Phi) is 50.2. The van der Waals surface area contributed by atoms with Crippen LogP contribution >= 0.6 is 79.3 Å². The van der Waals surface area contributed by atoms with Gasteiger partial charge in [-0.2, -0.15) is 0 Å². The molecule has 0 aliphatic rings. The molecule has 6 amide bonds. The van der Waals surface area contributed by atoms with E-state index in [4.69, 9.17) is 38.2 Å². The summed E-state index contributed by atoms with van der Waals surface area (Å²) in [5.74, 6) is -2.75. The summed E-state index contributed by atoms with van der Waals surface area (Å²) in [5.41, 5.74) is 4.94. The third kappa shape index (κ3) is 49.1. The number of H-pyrrole nitrogens is 2. The number of aromatic nitrogens is 6. The number of hydrogen-bond donors (Lipinski definition) is 9. The lowest BCUT2D eigenvalue weighted by molar-refractivity contribution is -0.889. The fourth-order valence-corrected chi connectivity index (χ4v) is 17.0. The largest absolute Gasteiger partial charge is 0.748 e. The number of amides is 6. The number of nitrogens with zero attached hydrogens (tertiary/aromatic N) is 7. The number of rotatable bonds is 52. The molecule has 0 aliphatic carbocycles. The molecule has 123 heavy (non-hydrogen) atoms. The summed E-state index contributed by atoms with van der Waals surface area (Å²) in [6, 6.07) is 29.3. The van der Waals surface area contributed by atoms with Crippen molar-refractivity contribution >= 4 is 138 Å². The summed E-state index contributed by atoms with van der Waals surface area (Å²) in [4.78, 5) is 120. The molecule has 0 bridgehead atoms. The molecule has 7 unspecified atom stereocenters. The Balaban J connectivity index is 0.000000394. The highest BCUT2D eigenvalue weighted by molar-refractivity contribution is 8.47. The van der Waals surface area contributed by atoms with E-state index in [0.29, 0.717) is 140 Å². The predicted molar refractivity (Wildman–Crippen MR) is 501 cm³/mol. The Morgan fingerprint density at radius 2 is 0.943 bits per heavy atom. The van der Waals surface area contributed by atoms with Gasteiger partial charge in [0.05, 0.1) is 124 Å². The maximum Gasteiger partial charge on any atom is 0.472 e. The number of quaternary nitrogens is 3. The van der Waals surface area contributed by atoms with Crippen molar-refractivity contribution in [1.82, 2.24) is 61.4 Å². The highest BCUT2D eigenvalue weighted by atomic mass is 32.2. The predicted octanol–water partition coefficient (Wildman–Crippen LogP) is 9.92. The van der Waals surface area contributed by atoms with Crippen LogP contribution in [0.2, 0.25) is 0 Å². The molecule has 0 fully saturated rings. The van der Waals surface area contributed by atoms with Gasteiger partial charge in [-0.25, -0.2) is 37.3 Å². The van der Waals surface area contributed by atoms with Gasteiger partial charge in [0.2, 0.25) is 35.4 Å². The van der Waals surface area contributed by atoms with Crippen LogP contribution in [0.25, 0.3) is 0 Å². The molecule has 6 rings (SSSR count). The molecule has 0 saturated carbocycles. The van der Waals surface area contributed by atoms with Crippen LogP contribution in [0, 0.1) is 35.5 Å². The number of phosphoric acid groups is 1. The molecule has 3 aromatic heterocycles. The van der Waals surface area contributed by atoms with Gasteiger partial charge in [-0.15, -0.1) is 47.0 Å². The maximum absolute atomic E-state index is 13.6. The van der Waals surface area contributed by atoms with Crippen molar-refractivity contribution in [3.63, 3.8) is 0 Å². The molecule has 0 spiro atoms. The zero-order chi connectivity index (χ0) is 91.1. The Morgan fingerprint density at radius 1 is 0.553 bits per heavy atom. The highest BCUT2D eigenvalue weighted by Gasteiger charge is 2.33. The molecule has 6 aromatic rings. The number of imidazole rings is 3. The summed E-state index contributed by atoms with van der Waals surface area (Å²) in [5, 5.41) is 18.0. The number of nitrogens with one attached hydrogen (secondary N) is 8. The summed E-state index contributed by atoms with van der Waals surface area (Å²) in [6.07, 6.45) is 19.3. The number of likely N-dealkylation sites (N-methyl/N-ethyl adjacent to an activating group) is 3. The van der Waals surface area contributed by atoms with Gasteiger partial charge >= 0.3 is 13.9 Å². The van der Waals surface area contributed by atoms with Crippen molar-refractivity contribution in [1.29, 1.82) is 0 Å². The van der Waals surface area contributed by atoms with Gasteiger partial charge in [-0.05, 0) is 101 Å². The zero-order valence-corrected chi connectivity index (χ0v) is 80.6. The second-order valence-corrected chi connectivity index (χ2v) is 42.4. The standard InChI is InChI=1S/C32H49N5O7S4.C27H42N5O6PS3.C26H41N5O2/c1-32(2,3)44-30(40)36-21-27(35-23-36)13-14-33-29(39)26(22-47-31(45)46-6)20-25(19-24-11-8-7-9-12-24)28(38)34-15-17-37(4,5)16-10-18-48(41,42)43;1-32(2,3)13-15-38-39(35,36)37-14-12-30-25(33)22(16-21-8-6-5-7-9-21)17-23(19-42-27(40)41-4)26(34)29-11-10-24-18-28-20-31-24;1-5-15-31(3,4)16-14-29-26(33)23(17-21-10-8-7-9-11-21)18-22(6-2)25(32)28-13-12-24-19-27-20-30-24/h7-9,11-12,21,23,25-26H,10,13-20,22H2,1-6H3,(H2-,33,34,38,39,41,42,43);5-9,18,20,22-23H,10-17,19H2,1-4H3,(H3-,28,29,30,31,33,34,35,36);7-11,19-20,22-23H,5-6,12-18H2,1-4H3,(H2-,27,28,29,30,32,33)/p+2. The van der Waals surface area contributed by atoms with Gasteiger partial charge in [0.25, 0.3) is 0 Å². The number of thioether (sulfide) groups is 4. The first-order valence-electron chi connectivity index (χ1n) is 41.5. The molecular formula is C85H134N15O15PS7+2. The maximum atomic E-state index is 13.6. The van der Waals surface area contributed by atoms with Gasteiger partial charge < -0.3 is 69.5 Å². The minimum Gasteiger partial charge on any atom is -0.748 e. The lowest BCUT2D eigenvalue weighted by atomic mass is 9.87. The summed E-state index contributed by atoms with van der Waals surface area (Å²) < 4.78 is 65.2. The average Bonchev–Trinajstić information content (AvgIpc) is 1.52. The van der Waals surface area contributed by atoms with E-state index in [0.717, 1.165) is 55.6 Å². The Bertz CT molecular complexity index is 4280. The first-order valence-corrected chi connectivity index (χ1v) is 49.8. The lowest BCUT2D eigenvalue weighted by Crippen LogP contribution is -2.47. The van der Waals surface area contributed by atoms with E-state index in [1.807, 2.05) is 146 Å². The molecule has 30 nitrogen and oxygen atoms in total. The third-order valence-electron chi connectivity index (χ3n) is 19.6. The number of thiocarbonyl (C=S) groups is 2. The first kappa shape index (κ1) is 108. The fraction of sp³-hybridized carbons (Fsp3) is 0.576. The number of carbonyl (C=O) groups is 7. The summed E-state index contributed by atoms with van der Waals surface area (Å²) in [7, 11) is 5.53. The smallest absolute Gasteiger partial charge is 0.472 e. The van der Waals surface area contributed by atoms with Crippen LogP contribution in [0.1, 0.15) is 107 Å². The van der Waals surface area contributed by atoms with E-state index in [9.17, 15) is 56.0 Å². The normalized spacial score (nSPS) is 13.8. The number of phosphoric ester groups is 1. The van der Waals surface area contributed by atoms with Crippen molar-refractivity contribution in [3.05, 3.63) is 162 Å². The number of hydrogen-bond acceptors (Lipinski definition) is 23. The molecule has 684 valence electrons. The SMILES string of the molecule is CCC[N+](C)(C)CCNC(=O)C(Cc1ccccc1)CC(CC)C(=O)NCCc1cnc[nH]1.CSC(=S)SCC(CC(Cc1ccccc1)C(=O)NCCOP(=O)(O)OCC[N+](C)(C)C)C(=O)NCCc1cnc[nH]1.CSC(=S)SCC(CC(Cc1ccccc1)C(=O)NCC[N+](C)(C)CCCS(=O)(=O)[O-])C(=O)NCCc1cn(C(=O)OC(C)(C)C)cn1. The van der Waals surface area contributed by atoms with Gasteiger partial charge in [0.15, 0.2) is 0 Å². The van der Waals surface area contributed by atoms with E-state index >= 15 is 0 Å². The third-order valence-corrected chi connectivity index (χ3v) is 27.1. The molecule has 0 radical (unpaired) electrons. The first-order chi connectivity index (χ1) is 58.1. The molecule has 9 N–H and O–H groups in total. The minimum absolute atomic E-state index is 0.0136. The van der Waals surface area contributed by atoms with Crippen LogP contribution < -0.4 is 31.9 Å². The number of benzene rings is 3. The second-order valence-electron chi connectivity index (χ2n) is 33.3. The monoisotopic (exact) mass is 1860 g/mol. The van der Waals surface area contributed by atoms with Crippen LogP contribution in [-0.2, 0) is 95.8 Å². The molecule has 0 saturated heterocycles. The quantitative estimate of drug-likeness (QED) is 0.00563. The van der Waals surface area contributed by atoms with E-state index in [1.165, 1.54) is 57.9 Å². The van der Waals surface area contributed by atoms with E-state index in [2.05, 4.69) is 77.8 Å². The van der Waals surface area contributed by atoms with E-state index < -0.39 is 59.1 Å². The molecule has 3 aromatic carbocycles. The molecule has 38 heteroatoms. The van der Waals surface area contributed by atoms with Crippen molar-refractivity contribution < 1.29 is 83.2 Å². The fourth-order valence-electron chi connectivity index (χ4n) is 12.8. The number of ether oxygens (including phenoxy) is 1. The Hall–Kier alpha value is -6.94. The topological polar surface area (TPSA) is 389 Å². The second kappa shape index (κ2) is 57.0. The van der Waals surface area contributed by atoms with Gasteiger partial charge in [0.1, 0.15) is 32.1 Å². The van der Waals surface area contributed by atoms with Crippen molar-refractivity contribution in [2.75, 3.05) is 164 Å². The Morgan fingerprint density at radius 3 is 1.33 bits per heavy atom. The molecule has 3 heterocycles. The summed E-state index contributed by atoms with van der Waals surface area (Å²) in [6.45, 7) is 15.2. The Labute approximate surface area is 756 Å². The molecule has 0 aliphatic heterocycles. The van der Waals surface area contributed by atoms with Crippen molar-refractivity contribution in [3.8, 4) is 0 Å². The van der Waals surface area contributed by atoms with Crippen LogP contribution in [0.15, 0.2) is 129 Å². The van der Waals surface area contributed by atoms with Gasteiger partial charge in [-0.3, -0.25) is 37.8 Å². The van der Waals surface area contributed by atoms with Crippen LogP contribution in [0.4, 0.5) is 4.79 Å². The minimum atomic E-state index is -4.27. The van der Waals surface area contributed by atoms with Crippen molar-refractivity contribution in [2.24, 2.45) is 35.5 Å². The zero-order valence-electron chi connectivity index (χ0n) is 74.0.